The van der Waals surface area contributed by atoms with E-state index in [1.807, 2.05) is 31.4 Å². The fourth-order valence-electron chi connectivity index (χ4n) is 2.36. The number of benzene rings is 1. The first kappa shape index (κ1) is 13.3. The van der Waals surface area contributed by atoms with Gasteiger partial charge in [-0.05, 0) is 44.0 Å². The van der Waals surface area contributed by atoms with E-state index in [1.54, 1.807) is 12.1 Å². The molecule has 1 aromatic carbocycles. The van der Waals surface area contributed by atoms with Crippen molar-refractivity contribution in [2.75, 3.05) is 0 Å². The number of non-ortho nitro benzene ring substituents is 1. The zero-order valence-corrected chi connectivity index (χ0v) is 11.2. The molecule has 2 aromatic rings. The highest BCUT2D eigenvalue weighted by Gasteiger charge is 2.14. The minimum absolute atomic E-state index is 0.00823. The number of nitro groups is 1. The van der Waals surface area contributed by atoms with Gasteiger partial charge in [0.05, 0.1) is 11.5 Å². The van der Waals surface area contributed by atoms with Crippen LogP contribution < -0.4 is 0 Å². The molecule has 0 fully saturated rings. The third-order valence-corrected chi connectivity index (χ3v) is 3.34. The van der Waals surface area contributed by atoms with Gasteiger partial charge in [-0.15, -0.1) is 0 Å². The van der Waals surface area contributed by atoms with E-state index >= 15 is 0 Å². The highest BCUT2D eigenvalue weighted by Crippen LogP contribution is 2.25. The summed E-state index contributed by atoms with van der Waals surface area (Å²) in [6.07, 6.45) is 0. The van der Waals surface area contributed by atoms with E-state index in [0.717, 1.165) is 28.2 Å². The lowest BCUT2D eigenvalue weighted by molar-refractivity contribution is -0.384. The predicted molar refractivity (Wildman–Crippen MR) is 72.6 cm³/mol. The molecule has 1 aromatic heterocycles. The zero-order valence-electron chi connectivity index (χ0n) is 11.2. The number of aliphatic hydroxyl groups excluding tert-OH is 1. The molecule has 0 amide bonds. The lowest BCUT2D eigenvalue weighted by Gasteiger charge is -2.12. The number of hydrogen-bond acceptors (Lipinski definition) is 3. The lowest BCUT2D eigenvalue weighted by Crippen LogP contribution is -2.02. The second-order valence-electron chi connectivity index (χ2n) is 4.62. The van der Waals surface area contributed by atoms with Crippen LogP contribution in [0.4, 0.5) is 5.69 Å². The van der Waals surface area contributed by atoms with E-state index in [0.29, 0.717) is 0 Å². The standard InChI is InChI=1S/C14H16N2O3/c1-9-6-13(16(18)19)4-5-14(9)15-10(2)7-12(8-17)11(15)3/h4-7,17H,8H2,1-3H3. The van der Waals surface area contributed by atoms with Gasteiger partial charge in [-0.1, -0.05) is 0 Å². The van der Waals surface area contributed by atoms with Crippen molar-refractivity contribution in [2.45, 2.75) is 27.4 Å². The Morgan fingerprint density at radius 1 is 1.26 bits per heavy atom. The molecule has 5 heteroatoms. The van der Waals surface area contributed by atoms with Crippen LogP contribution in [0.5, 0.6) is 0 Å². The van der Waals surface area contributed by atoms with Crippen LogP contribution >= 0.6 is 0 Å². The van der Waals surface area contributed by atoms with Gasteiger partial charge < -0.3 is 9.67 Å². The van der Waals surface area contributed by atoms with Crippen molar-refractivity contribution in [1.29, 1.82) is 0 Å². The number of aryl methyl sites for hydroxylation is 2. The van der Waals surface area contributed by atoms with Gasteiger partial charge in [-0.25, -0.2) is 0 Å². The molecule has 0 bridgehead atoms. The number of aromatic nitrogens is 1. The first-order valence-corrected chi connectivity index (χ1v) is 5.99. The van der Waals surface area contributed by atoms with Crippen LogP contribution in [0.1, 0.15) is 22.5 Å². The smallest absolute Gasteiger partial charge is 0.269 e. The summed E-state index contributed by atoms with van der Waals surface area (Å²) in [5.74, 6) is 0. The molecule has 100 valence electrons. The number of aliphatic hydroxyl groups is 1. The lowest BCUT2D eigenvalue weighted by atomic mass is 10.1. The average Bonchev–Trinajstić information content (AvgIpc) is 2.64. The summed E-state index contributed by atoms with van der Waals surface area (Å²) in [6, 6.07) is 6.73. The third kappa shape index (κ3) is 2.24. The van der Waals surface area contributed by atoms with E-state index in [4.69, 9.17) is 0 Å². The first-order valence-electron chi connectivity index (χ1n) is 5.99. The molecule has 1 heterocycles. The molecule has 0 aliphatic carbocycles. The largest absolute Gasteiger partial charge is 0.392 e. The fourth-order valence-corrected chi connectivity index (χ4v) is 2.36. The molecular formula is C14H16N2O3. The summed E-state index contributed by atoms with van der Waals surface area (Å²) in [5, 5.41) is 20.0. The van der Waals surface area contributed by atoms with Crippen LogP contribution in [0, 0.1) is 30.9 Å². The molecule has 5 nitrogen and oxygen atoms in total. The molecule has 0 spiro atoms. The molecular weight excluding hydrogens is 244 g/mol. The quantitative estimate of drug-likeness (QED) is 0.681. The van der Waals surface area contributed by atoms with Crippen LogP contribution in [-0.2, 0) is 6.61 Å². The molecule has 19 heavy (non-hydrogen) atoms. The maximum absolute atomic E-state index is 10.8. The van der Waals surface area contributed by atoms with Crippen molar-refractivity contribution in [3.8, 4) is 5.69 Å². The van der Waals surface area contributed by atoms with Gasteiger partial charge in [-0.2, -0.15) is 0 Å². The number of nitrogens with zero attached hydrogens (tertiary/aromatic N) is 2. The summed E-state index contributed by atoms with van der Waals surface area (Å²) in [4.78, 5) is 10.4. The van der Waals surface area contributed by atoms with Crippen molar-refractivity contribution >= 4 is 5.69 Å². The summed E-state index contributed by atoms with van der Waals surface area (Å²) < 4.78 is 2.00. The Kier molecular flexibility index (Phi) is 3.40. The molecule has 0 unspecified atom stereocenters. The third-order valence-electron chi connectivity index (χ3n) is 3.34. The molecule has 0 saturated carbocycles. The predicted octanol–water partition coefficient (Wildman–Crippen LogP) is 2.80. The first-order chi connectivity index (χ1) is 8.95. The monoisotopic (exact) mass is 260 g/mol. The second-order valence-corrected chi connectivity index (χ2v) is 4.62. The molecule has 0 atom stereocenters. The molecule has 0 aliphatic rings. The van der Waals surface area contributed by atoms with Crippen LogP contribution in [-0.4, -0.2) is 14.6 Å². The SMILES string of the molecule is Cc1cc([N+](=O)[O-])ccc1-n1c(C)cc(CO)c1C. The van der Waals surface area contributed by atoms with Gasteiger partial charge in [-0.3, -0.25) is 10.1 Å². The van der Waals surface area contributed by atoms with Crippen molar-refractivity contribution in [1.82, 2.24) is 4.57 Å². The van der Waals surface area contributed by atoms with Crippen LogP contribution in [0.25, 0.3) is 5.69 Å². The van der Waals surface area contributed by atoms with Gasteiger partial charge in [0.15, 0.2) is 0 Å². The zero-order chi connectivity index (χ0) is 14.2. The molecule has 2 rings (SSSR count). The number of rotatable bonds is 3. The van der Waals surface area contributed by atoms with Crippen molar-refractivity contribution in [3.05, 3.63) is 56.9 Å². The van der Waals surface area contributed by atoms with E-state index in [1.165, 1.54) is 6.07 Å². The summed E-state index contributed by atoms with van der Waals surface area (Å²) in [6.45, 7) is 5.72. The van der Waals surface area contributed by atoms with Crippen LogP contribution in [0.3, 0.4) is 0 Å². The Morgan fingerprint density at radius 2 is 1.95 bits per heavy atom. The Morgan fingerprint density at radius 3 is 2.42 bits per heavy atom. The van der Waals surface area contributed by atoms with Crippen LogP contribution in [0.15, 0.2) is 24.3 Å². The van der Waals surface area contributed by atoms with Crippen molar-refractivity contribution in [2.24, 2.45) is 0 Å². The molecule has 0 saturated heterocycles. The molecule has 0 radical (unpaired) electrons. The minimum Gasteiger partial charge on any atom is -0.392 e. The summed E-state index contributed by atoms with van der Waals surface area (Å²) in [5.41, 5.74) is 4.65. The van der Waals surface area contributed by atoms with Crippen molar-refractivity contribution in [3.63, 3.8) is 0 Å². The van der Waals surface area contributed by atoms with E-state index in [9.17, 15) is 15.2 Å². The van der Waals surface area contributed by atoms with Crippen molar-refractivity contribution < 1.29 is 10.0 Å². The highest BCUT2D eigenvalue weighted by molar-refractivity contribution is 5.51. The number of hydrogen-bond donors (Lipinski definition) is 1. The Balaban J connectivity index is 2.60. The summed E-state index contributed by atoms with van der Waals surface area (Å²) in [7, 11) is 0. The molecule has 1 N–H and O–H groups in total. The van der Waals surface area contributed by atoms with E-state index < -0.39 is 4.92 Å². The van der Waals surface area contributed by atoms with E-state index in [-0.39, 0.29) is 12.3 Å². The van der Waals surface area contributed by atoms with E-state index in [2.05, 4.69) is 0 Å². The number of nitro benzene ring substituents is 1. The average molecular weight is 260 g/mol. The van der Waals surface area contributed by atoms with Gasteiger partial charge in [0.25, 0.3) is 5.69 Å². The second kappa shape index (κ2) is 4.85. The maximum Gasteiger partial charge on any atom is 0.269 e. The minimum atomic E-state index is -0.398. The highest BCUT2D eigenvalue weighted by atomic mass is 16.6. The van der Waals surface area contributed by atoms with Gasteiger partial charge in [0.2, 0.25) is 0 Å². The van der Waals surface area contributed by atoms with Gasteiger partial charge in [0, 0.05) is 29.2 Å². The Hall–Kier alpha value is -2.14. The normalized spacial score (nSPS) is 10.7. The fraction of sp³-hybridized carbons (Fsp3) is 0.286. The Labute approximate surface area is 111 Å². The Bertz CT molecular complexity index is 644. The van der Waals surface area contributed by atoms with Gasteiger partial charge >= 0.3 is 0 Å². The summed E-state index contributed by atoms with van der Waals surface area (Å²) >= 11 is 0. The van der Waals surface area contributed by atoms with Gasteiger partial charge in [0.1, 0.15) is 0 Å². The topological polar surface area (TPSA) is 68.3 Å². The maximum atomic E-state index is 10.8. The molecule has 0 aliphatic heterocycles. The van der Waals surface area contributed by atoms with Crippen LogP contribution in [0.2, 0.25) is 0 Å².